The maximum Gasteiger partial charge on any atom is 0.328 e. The largest absolute Gasteiger partial charge is 0.507 e. The summed E-state index contributed by atoms with van der Waals surface area (Å²) >= 11 is 0. The lowest BCUT2D eigenvalue weighted by molar-refractivity contribution is 0.0944. The molecule has 6 aromatic carbocycles. The molecule has 0 radical (unpaired) electrons. The third-order valence-electron chi connectivity index (χ3n) is 8.51. The van der Waals surface area contributed by atoms with Crippen molar-refractivity contribution >= 4 is 82.4 Å². The zero-order chi connectivity index (χ0) is 39.1. The minimum Gasteiger partial charge on any atom is -0.507 e. The number of imide groups is 2. The highest BCUT2D eigenvalue weighted by Gasteiger charge is 2.22. The van der Waals surface area contributed by atoms with Crippen LogP contribution in [0.3, 0.4) is 0 Å². The van der Waals surface area contributed by atoms with Crippen molar-refractivity contribution < 1.29 is 50.5 Å². The van der Waals surface area contributed by atoms with Crippen LogP contribution in [0.15, 0.2) is 107 Å². The fourth-order valence-corrected chi connectivity index (χ4v) is 7.26. The van der Waals surface area contributed by atoms with Gasteiger partial charge in [0.05, 0.1) is 0 Å². The number of phenolic OH excluding ortho intramolecular Hbond substituents is 2. The Morgan fingerprint density at radius 2 is 0.907 bits per heavy atom. The molecule has 6 aromatic rings. The van der Waals surface area contributed by atoms with Crippen LogP contribution in [0, 0.1) is 13.8 Å². The Balaban J connectivity index is 1.20. The van der Waals surface area contributed by atoms with Crippen LogP contribution >= 0.6 is 0 Å². The van der Waals surface area contributed by atoms with Gasteiger partial charge in [0.15, 0.2) is 0 Å². The molecule has 0 atom stereocenters. The third-order valence-corrected chi connectivity index (χ3v) is 10.3. The molecule has 0 bridgehead atoms. The molecule has 0 spiro atoms. The highest BCUT2D eigenvalue weighted by Crippen LogP contribution is 2.39. The first kappa shape index (κ1) is 37.2. The van der Waals surface area contributed by atoms with Gasteiger partial charge in [-0.2, -0.15) is 16.8 Å². The Labute approximate surface area is 307 Å². The maximum atomic E-state index is 13.1. The monoisotopic (exact) mass is 770 g/mol. The van der Waals surface area contributed by atoms with Gasteiger partial charge in [-0.15, -0.1) is 0 Å². The first-order valence-electron chi connectivity index (χ1n) is 15.8. The summed E-state index contributed by atoms with van der Waals surface area (Å²) in [5.41, 5.74) is 2.19. The minimum atomic E-state index is -4.70. The Morgan fingerprint density at radius 3 is 1.28 bits per heavy atom. The van der Waals surface area contributed by atoms with E-state index in [1.165, 1.54) is 48.5 Å². The number of anilines is 4. The fraction of sp³-hybridized carbons (Fsp3) is 0.0541. The minimum absolute atomic E-state index is 0.000815. The lowest BCUT2D eigenvalue weighted by Crippen LogP contribution is -2.42. The van der Waals surface area contributed by atoms with E-state index in [9.17, 15) is 50.5 Å². The zero-order valence-electron chi connectivity index (χ0n) is 28.2. The van der Waals surface area contributed by atoms with Crippen molar-refractivity contribution in [3.05, 3.63) is 119 Å². The van der Waals surface area contributed by atoms with Crippen molar-refractivity contribution in [2.24, 2.45) is 0 Å². The molecule has 0 unspecified atom stereocenters. The Morgan fingerprint density at radius 1 is 0.519 bits per heavy atom. The molecule has 0 fully saturated rings. The highest BCUT2D eigenvalue weighted by molar-refractivity contribution is 7.86. The number of hydrogen-bond donors (Lipinski definition) is 8. The van der Waals surface area contributed by atoms with Crippen molar-refractivity contribution in [2.45, 2.75) is 23.6 Å². The summed E-state index contributed by atoms with van der Waals surface area (Å²) in [4.78, 5) is 38.1. The van der Waals surface area contributed by atoms with Gasteiger partial charge < -0.3 is 20.8 Å². The normalized spacial score (nSPS) is 11.6. The predicted octanol–water partition coefficient (Wildman–Crippen LogP) is 6.28. The van der Waals surface area contributed by atoms with Gasteiger partial charge in [-0.05, 0) is 85.6 Å². The average molecular weight is 771 g/mol. The first-order valence-corrected chi connectivity index (χ1v) is 18.7. The Hall–Kier alpha value is -6.53. The highest BCUT2D eigenvalue weighted by atomic mass is 32.2. The number of nitrogens with one attached hydrogen (secondary N) is 4. The topological polar surface area (TPSA) is 249 Å². The molecule has 0 saturated heterocycles. The Kier molecular flexibility index (Phi) is 9.74. The smallest absolute Gasteiger partial charge is 0.328 e. The van der Waals surface area contributed by atoms with Crippen LogP contribution in [0.25, 0.3) is 21.5 Å². The van der Waals surface area contributed by atoms with E-state index < -0.39 is 47.9 Å². The molecule has 0 heterocycles. The van der Waals surface area contributed by atoms with Crippen LogP contribution in [0.4, 0.5) is 27.5 Å². The van der Waals surface area contributed by atoms with Gasteiger partial charge in [0, 0.05) is 55.4 Å². The molecule has 15 nitrogen and oxygen atoms in total. The average Bonchev–Trinajstić information content (AvgIpc) is 3.09. The number of fused-ring (bicyclic) bond motifs is 2. The van der Waals surface area contributed by atoms with Gasteiger partial charge in [-0.25, -0.2) is 4.79 Å². The quantitative estimate of drug-likeness (QED) is 0.0795. The number of carbonyl (C=O) groups is 3. The molecule has 4 amide bonds. The second-order valence-corrected chi connectivity index (χ2v) is 14.9. The third kappa shape index (κ3) is 7.50. The molecule has 6 rings (SSSR count). The van der Waals surface area contributed by atoms with Crippen LogP contribution in [-0.4, -0.2) is 54.0 Å². The standard InChI is InChI=1S/C37H30N4O11S2/c1-19-9-11-21(17-27(19)38-25-7-3-5-23-29(42)13-15-31(33(23)25)53(47,48)49)35(44)40-37(46)41-36(45)22-12-10-20(2)28(18-22)39-26-8-4-6-24-30(43)14-16-32(34(24)26)54(50,51)52/h3-18,38-39,42-43H,1-2H3,(H,47,48,49)(H,50,51,52)(H2,40,41,44,45,46). The van der Waals surface area contributed by atoms with Crippen molar-refractivity contribution in [3.8, 4) is 11.5 Å². The summed E-state index contributed by atoms with van der Waals surface area (Å²) in [6.07, 6.45) is 0. The van der Waals surface area contributed by atoms with Gasteiger partial charge >= 0.3 is 6.03 Å². The van der Waals surface area contributed by atoms with Gasteiger partial charge in [0.1, 0.15) is 21.3 Å². The van der Waals surface area contributed by atoms with Crippen molar-refractivity contribution in [1.29, 1.82) is 0 Å². The summed E-state index contributed by atoms with van der Waals surface area (Å²) in [5.74, 6) is -2.25. The lowest BCUT2D eigenvalue weighted by atomic mass is 10.1. The molecule has 0 aliphatic heterocycles. The number of hydrogen-bond acceptors (Lipinski definition) is 11. The number of aryl methyl sites for hydroxylation is 2. The maximum absolute atomic E-state index is 13.1. The first-order chi connectivity index (χ1) is 25.4. The summed E-state index contributed by atoms with van der Waals surface area (Å²) in [5, 5.41) is 31.2. The van der Waals surface area contributed by atoms with E-state index in [-0.39, 0.29) is 55.5 Å². The second kappa shape index (κ2) is 14.1. The van der Waals surface area contributed by atoms with E-state index in [4.69, 9.17) is 0 Å². The van der Waals surface area contributed by atoms with Gasteiger partial charge in [0.25, 0.3) is 32.1 Å². The van der Waals surface area contributed by atoms with E-state index >= 15 is 0 Å². The number of aromatic hydroxyl groups is 2. The number of phenols is 2. The molecule has 276 valence electrons. The van der Waals surface area contributed by atoms with Crippen molar-refractivity contribution in [1.82, 2.24) is 10.6 Å². The van der Waals surface area contributed by atoms with E-state index in [0.29, 0.717) is 22.5 Å². The van der Waals surface area contributed by atoms with Crippen molar-refractivity contribution in [3.63, 3.8) is 0 Å². The molecule has 0 saturated carbocycles. The molecule has 17 heteroatoms. The van der Waals surface area contributed by atoms with E-state index in [1.807, 2.05) is 0 Å². The van der Waals surface area contributed by atoms with Crippen LogP contribution in [0.1, 0.15) is 31.8 Å². The number of carbonyl (C=O) groups excluding carboxylic acids is 3. The number of rotatable bonds is 8. The van der Waals surface area contributed by atoms with Crippen LogP contribution < -0.4 is 21.3 Å². The molecule has 0 aromatic heterocycles. The Bertz CT molecular complexity index is 2600. The van der Waals surface area contributed by atoms with Crippen LogP contribution in [0.5, 0.6) is 11.5 Å². The van der Waals surface area contributed by atoms with Crippen LogP contribution in [-0.2, 0) is 20.2 Å². The lowest BCUT2D eigenvalue weighted by Gasteiger charge is -2.16. The molecule has 0 aliphatic rings. The van der Waals surface area contributed by atoms with Crippen LogP contribution in [0.2, 0.25) is 0 Å². The molecule has 8 N–H and O–H groups in total. The zero-order valence-corrected chi connectivity index (χ0v) is 29.8. The summed E-state index contributed by atoms with van der Waals surface area (Å²) < 4.78 is 68.2. The van der Waals surface area contributed by atoms with Crippen molar-refractivity contribution in [2.75, 3.05) is 10.6 Å². The van der Waals surface area contributed by atoms with E-state index in [0.717, 1.165) is 24.3 Å². The number of urea groups is 1. The van der Waals surface area contributed by atoms with E-state index in [1.54, 1.807) is 38.1 Å². The molecule has 0 aliphatic carbocycles. The molecule has 54 heavy (non-hydrogen) atoms. The molecular formula is C37H30N4O11S2. The van der Waals surface area contributed by atoms with Gasteiger partial charge in [0.2, 0.25) is 0 Å². The summed E-state index contributed by atoms with van der Waals surface area (Å²) in [6, 6.07) is 21.0. The summed E-state index contributed by atoms with van der Waals surface area (Å²) in [7, 11) is -9.40. The molecular weight excluding hydrogens is 741 g/mol. The summed E-state index contributed by atoms with van der Waals surface area (Å²) in [6.45, 7) is 3.40. The SMILES string of the molecule is Cc1ccc(C(=O)NC(=O)NC(=O)c2ccc(C)c(Nc3cccc4c(O)ccc(S(=O)(=O)O)c34)c2)cc1Nc1cccc2c(O)ccc(S(=O)(=O)O)c12. The van der Waals surface area contributed by atoms with Gasteiger partial charge in [-0.3, -0.25) is 29.3 Å². The second-order valence-electron chi connectivity index (χ2n) is 12.1. The van der Waals surface area contributed by atoms with Gasteiger partial charge in [-0.1, -0.05) is 36.4 Å². The predicted molar refractivity (Wildman–Crippen MR) is 200 cm³/mol. The fourth-order valence-electron chi connectivity index (χ4n) is 5.82. The number of amides is 4. The van der Waals surface area contributed by atoms with E-state index in [2.05, 4.69) is 21.3 Å². The number of benzene rings is 6.